The molecule has 0 spiro atoms. The summed E-state index contributed by atoms with van der Waals surface area (Å²) in [5.41, 5.74) is 7.35. The van der Waals surface area contributed by atoms with Crippen molar-refractivity contribution in [3.05, 3.63) is 51.5 Å². The fourth-order valence-corrected chi connectivity index (χ4v) is 2.46. The first-order valence-corrected chi connectivity index (χ1v) is 6.88. The van der Waals surface area contributed by atoms with Crippen molar-refractivity contribution in [2.24, 2.45) is 5.73 Å². The van der Waals surface area contributed by atoms with Gasteiger partial charge in [0.05, 0.1) is 17.8 Å². The molecule has 1 aromatic heterocycles. The topological polar surface area (TPSA) is 55.1 Å². The lowest BCUT2D eigenvalue weighted by Gasteiger charge is -2.06. The molecule has 0 saturated heterocycles. The fraction of sp³-hybridized carbons (Fsp3) is 0.133. The maximum absolute atomic E-state index is 13.9. The third-order valence-electron chi connectivity index (χ3n) is 2.65. The minimum absolute atomic E-state index is 0.138. The molecular formula is C15H13FN2OS. The van der Waals surface area contributed by atoms with Gasteiger partial charge in [-0.3, -0.25) is 4.79 Å². The number of rotatable bonds is 2. The lowest BCUT2D eigenvalue weighted by Crippen LogP contribution is -2.13. The molecular weight excluding hydrogens is 275 g/mol. The molecule has 3 nitrogen and oxygen atoms in total. The zero-order valence-corrected chi connectivity index (χ0v) is 11.7. The van der Waals surface area contributed by atoms with Crippen LogP contribution >= 0.6 is 11.3 Å². The lowest BCUT2D eigenvalue weighted by molar-refractivity contribution is 0.102. The van der Waals surface area contributed by atoms with Crippen molar-refractivity contribution in [2.75, 3.05) is 11.9 Å². The summed E-state index contributed by atoms with van der Waals surface area (Å²) in [6.07, 6.45) is 0. The number of halogens is 1. The summed E-state index contributed by atoms with van der Waals surface area (Å²) < 4.78 is 13.9. The molecule has 0 radical (unpaired) electrons. The van der Waals surface area contributed by atoms with E-state index in [4.69, 9.17) is 5.73 Å². The summed E-state index contributed by atoms with van der Waals surface area (Å²) >= 11 is 1.44. The number of carbonyl (C=O) groups excluding carboxylic acids is 1. The molecule has 5 heteroatoms. The minimum atomic E-state index is -0.518. The second kappa shape index (κ2) is 6.33. The minimum Gasteiger partial charge on any atom is -0.320 e. The number of carbonyl (C=O) groups is 1. The van der Waals surface area contributed by atoms with Crippen LogP contribution in [0.25, 0.3) is 0 Å². The standard InChI is InChI=1S/C15H13FN2OS/c1-10-8-20-9-12(10)15(19)18-14-5-4-11(3-2-6-17)7-13(14)16/h4-5,7-9H,6,17H2,1H3,(H,18,19). The molecule has 0 fully saturated rings. The van der Waals surface area contributed by atoms with Crippen molar-refractivity contribution < 1.29 is 9.18 Å². The van der Waals surface area contributed by atoms with Crippen LogP contribution in [0.1, 0.15) is 21.5 Å². The van der Waals surface area contributed by atoms with E-state index in [0.29, 0.717) is 11.1 Å². The molecule has 1 amide bonds. The van der Waals surface area contributed by atoms with Gasteiger partial charge in [0.25, 0.3) is 5.91 Å². The molecule has 3 N–H and O–H groups in total. The highest BCUT2D eigenvalue weighted by Gasteiger charge is 2.12. The molecule has 102 valence electrons. The largest absolute Gasteiger partial charge is 0.320 e. The second-order valence-corrected chi connectivity index (χ2v) is 4.87. The average molecular weight is 288 g/mol. The number of thiophene rings is 1. The Hall–Kier alpha value is -2.16. The maximum Gasteiger partial charge on any atom is 0.256 e. The first kappa shape index (κ1) is 14.3. The molecule has 20 heavy (non-hydrogen) atoms. The summed E-state index contributed by atoms with van der Waals surface area (Å²) in [4.78, 5) is 12.0. The van der Waals surface area contributed by atoms with Crippen molar-refractivity contribution in [2.45, 2.75) is 6.92 Å². The third kappa shape index (κ3) is 3.23. The van der Waals surface area contributed by atoms with E-state index in [0.717, 1.165) is 5.56 Å². The van der Waals surface area contributed by atoms with Crippen LogP contribution in [0.3, 0.4) is 0 Å². The van der Waals surface area contributed by atoms with Gasteiger partial charge in [0.2, 0.25) is 0 Å². The van der Waals surface area contributed by atoms with Crippen LogP contribution in [-0.2, 0) is 0 Å². The molecule has 2 rings (SSSR count). The van der Waals surface area contributed by atoms with Crippen molar-refractivity contribution in [1.82, 2.24) is 0 Å². The van der Waals surface area contributed by atoms with Crippen LogP contribution in [0.15, 0.2) is 29.0 Å². The van der Waals surface area contributed by atoms with Crippen molar-refractivity contribution in [1.29, 1.82) is 0 Å². The van der Waals surface area contributed by atoms with Gasteiger partial charge in [-0.1, -0.05) is 11.8 Å². The summed E-state index contributed by atoms with van der Waals surface area (Å²) in [5.74, 6) is 4.55. The van der Waals surface area contributed by atoms with Gasteiger partial charge < -0.3 is 11.1 Å². The van der Waals surface area contributed by atoms with Gasteiger partial charge >= 0.3 is 0 Å². The summed E-state index contributed by atoms with van der Waals surface area (Å²) in [6.45, 7) is 2.06. The van der Waals surface area contributed by atoms with E-state index < -0.39 is 5.82 Å². The third-order valence-corrected chi connectivity index (χ3v) is 3.51. The molecule has 0 aliphatic rings. The molecule has 1 aromatic carbocycles. The van der Waals surface area contributed by atoms with E-state index in [9.17, 15) is 9.18 Å². The highest BCUT2D eigenvalue weighted by atomic mass is 32.1. The Morgan fingerprint density at radius 2 is 2.25 bits per heavy atom. The van der Waals surface area contributed by atoms with E-state index in [1.54, 1.807) is 11.4 Å². The Morgan fingerprint density at radius 1 is 1.45 bits per heavy atom. The molecule has 0 aliphatic heterocycles. The van der Waals surface area contributed by atoms with E-state index in [2.05, 4.69) is 17.2 Å². The smallest absolute Gasteiger partial charge is 0.256 e. The van der Waals surface area contributed by atoms with Gasteiger partial charge in [0.1, 0.15) is 5.82 Å². The Labute approximate surface area is 120 Å². The van der Waals surface area contributed by atoms with Crippen molar-refractivity contribution in [3.63, 3.8) is 0 Å². The van der Waals surface area contributed by atoms with Crippen LogP contribution in [-0.4, -0.2) is 12.5 Å². The number of hydrogen-bond donors (Lipinski definition) is 2. The van der Waals surface area contributed by atoms with Gasteiger partial charge in [-0.15, -0.1) is 0 Å². The highest BCUT2D eigenvalue weighted by molar-refractivity contribution is 7.08. The number of benzene rings is 1. The van der Waals surface area contributed by atoms with Gasteiger partial charge in [-0.2, -0.15) is 11.3 Å². The van der Waals surface area contributed by atoms with Crippen LogP contribution < -0.4 is 11.1 Å². The molecule has 1 heterocycles. The average Bonchev–Trinajstić information content (AvgIpc) is 2.85. The first-order valence-electron chi connectivity index (χ1n) is 5.94. The van der Waals surface area contributed by atoms with Gasteiger partial charge in [-0.25, -0.2) is 4.39 Å². The number of hydrogen-bond acceptors (Lipinski definition) is 3. The summed E-state index contributed by atoms with van der Waals surface area (Å²) in [5, 5.41) is 6.17. The Bertz CT molecular complexity index is 697. The van der Waals surface area contributed by atoms with E-state index >= 15 is 0 Å². The van der Waals surface area contributed by atoms with Crippen LogP contribution in [0, 0.1) is 24.6 Å². The Balaban J connectivity index is 2.18. The van der Waals surface area contributed by atoms with Crippen LogP contribution in [0.4, 0.5) is 10.1 Å². The first-order chi connectivity index (χ1) is 9.61. The number of nitrogens with two attached hydrogens (primary N) is 1. The van der Waals surface area contributed by atoms with Gasteiger partial charge in [0, 0.05) is 10.9 Å². The van der Waals surface area contributed by atoms with Crippen LogP contribution in [0.2, 0.25) is 0 Å². The zero-order valence-electron chi connectivity index (χ0n) is 10.9. The predicted octanol–water partition coefficient (Wildman–Crippen LogP) is 2.76. The van der Waals surface area contributed by atoms with Crippen molar-refractivity contribution in [3.8, 4) is 11.8 Å². The molecule has 0 unspecified atom stereocenters. The SMILES string of the molecule is Cc1cscc1C(=O)Nc1ccc(C#CCN)cc1F. The van der Waals surface area contributed by atoms with E-state index in [1.165, 1.54) is 23.5 Å². The normalized spacial score (nSPS) is 9.75. The highest BCUT2D eigenvalue weighted by Crippen LogP contribution is 2.19. The van der Waals surface area contributed by atoms with Gasteiger partial charge in [0.15, 0.2) is 0 Å². The zero-order chi connectivity index (χ0) is 14.5. The van der Waals surface area contributed by atoms with Crippen LogP contribution in [0.5, 0.6) is 0 Å². The number of aryl methyl sites for hydroxylation is 1. The molecule has 0 atom stereocenters. The Morgan fingerprint density at radius 3 is 2.85 bits per heavy atom. The maximum atomic E-state index is 13.9. The summed E-state index contributed by atoms with van der Waals surface area (Å²) in [7, 11) is 0. The predicted molar refractivity (Wildman–Crippen MR) is 79.3 cm³/mol. The fourth-order valence-electron chi connectivity index (χ4n) is 1.63. The molecule has 2 aromatic rings. The Kier molecular flexibility index (Phi) is 4.51. The number of anilines is 1. The lowest BCUT2D eigenvalue weighted by atomic mass is 10.1. The number of amides is 1. The summed E-state index contributed by atoms with van der Waals surface area (Å²) in [6, 6.07) is 4.41. The van der Waals surface area contributed by atoms with Gasteiger partial charge in [-0.05, 0) is 36.1 Å². The molecule has 0 saturated carbocycles. The monoisotopic (exact) mass is 288 g/mol. The second-order valence-electron chi connectivity index (χ2n) is 4.12. The van der Waals surface area contributed by atoms with E-state index in [-0.39, 0.29) is 18.1 Å². The molecule has 0 aliphatic carbocycles. The molecule has 0 bridgehead atoms. The quantitative estimate of drug-likeness (QED) is 0.835. The van der Waals surface area contributed by atoms with E-state index in [1.807, 2.05) is 12.3 Å². The number of nitrogens with one attached hydrogen (secondary N) is 1. The van der Waals surface area contributed by atoms with Crippen molar-refractivity contribution >= 4 is 22.9 Å².